The van der Waals surface area contributed by atoms with Crippen LogP contribution in [-0.4, -0.2) is 44.2 Å². The summed E-state index contributed by atoms with van der Waals surface area (Å²) in [6, 6.07) is 3.93. The number of rotatable bonds is 2. The van der Waals surface area contributed by atoms with Gasteiger partial charge in [0.2, 0.25) is 0 Å². The van der Waals surface area contributed by atoms with Crippen molar-refractivity contribution in [3.8, 4) is 11.8 Å². The average Bonchev–Trinajstić information content (AvgIpc) is 2.45. The van der Waals surface area contributed by atoms with Crippen molar-refractivity contribution in [1.29, 1.82) is 0 Å². The molecule has 0 spiro atoms. The summed E-state index contributed by atoms with van der Waals surface area (Å²) < 4.78 is 46.4. The van der Waals surface area contributed by atoms with Gasteiger partial charge in [-0.25, -0.2) is 0 Å². The Hall–Kier alpha value is -1.75. The molecule has 1 N–H and O–H groups in total. The average molecular weight is 347 g/mol. The zero-order valence-corrected chi connectivity index (χ0v) is 13.1. The van der Waals surface area contributed by atoms with Crippen molar-refractivity contribution in [2.45, 2.75) is 18.0 Å². The number of hydrogen-bond donors (Lipinski definition) is 1. The summed E-state index contributed by atoms with van der Waals surface area (Å²) in [4.78, 5) is 12.6. The van der Waals surface area contributed by atoms with Gasteiger partial charge in [-0.15, -0.1) is 0 Å². The van der Waals surface area contributed by atoms with Gasteiger partial charge in [-0.3, -0.25) is 9.69 Å². The van der Waals surface area contributed by atoms with E-state index in [1.165, 1.54) is 12.1 Å². The first kappa shape index (κ1) is 17.6. The zero-order valence-electron chi connectivity index (χ0n) is 12.4. The molecule has 1 aliphatic heterocycles. The van der Waals surface area contributed by atoms with Gasteiger partial charge in [0.15, 0.2) is 12.5 Å². The first-order chi connectivity index (χ1) is 10.7. The van der Waals surface area contributed by atoms with Crippen LogP contribution in [0.3, 0.4) is 0 Å². The SMILES string of the molecule is CN(C)CC#CC1(C(F)(F)F)OC(C=O)Nc2ccc(Cl)cc21. The molecular formula is C15H14ClF3N2O2. The third kappa shape index (κ3) is 3.44. The van der Waals surface area contributed by atoms with Crippen LogP contribution in [-0.2, 0) is 15.1 Å². The van der Waals surface area contributed by atoms with Crippen molar-refractivity contribution in [1.82, 2.24) is 4.90 Å². The summed E-state index contributed by atoms with van der Waals surface area (Å²) >= 11 is 5.83. The first-order valence-electron chi connectivity index (χ1n) is 6.61. The number of ether oxygens (including phenoxy) is 1. The maximum absolute atomic E-state index is 13.8. The smallest absolute Gasteiger partial charge is 0.354 e. The van der Waals surface area contributed by atoms with Crippen LogP contribution < -0.4 is 5.32 Å². The van der Waals surface area contributed by atoms with Crippen LogP contribution in [0.15, 0.2) is 18.2 Å². The largest absolute Gasteiger partial charge is 0.433 e. The number of halogens is 4. The molecule has 0 aliphatic carbocycles. The normalized spacial score (nSPS) is 23.5. The highest BCUT2D eigenvalue weighted by Crippen LogP contribution is 2.48. The standard InChI is InChI=1S/C15H14ClF3N2O2/c1-21(2)7-3-6-14(15(17,18)19)11-8-10(16)4-5-12(11)20-13(9-22)23-14/h4-5,8-9,13,20H,7H2,1-2H3. The van der Waals surface area contributed by atoms with E-state index in [1.807, 2.05) is 0 Å². The van der Waals surface area contributed by atoms with Gasteiger partial charge in [-0.1, -0.05) is 23.4 Å². The van der Waals surface area contributed by atoms with Gasteiger partial charge < -0.3 is 10.1 Å². The minimum absolute atomic E-state index is 0.106. The monoisotopic (exact) mass is 346 g/mol. The predicted octanol–water partition coefficient (Wildman–Crippen LogP) is 2.63. The van der Waals surface area contributed by atoms with Crippen LogP contribution in [0.25, 0.3) is 0 Å². The highest BCUT2D eigenvalue weighted by atomic mass is 35.5. The van der Waals surface area contributed by atoms with E-state index in [9.17, 15) is 18.0 Å². The number of carbonyl (C=O) groups is 1. The van der Waals surface area contributed by atoms with Gasteiger partial charge in [-0.05, 0) is 32.3 Å². The molecule has 1 heterocycles. The summed E-state index contributed by atoms with van der Waals surface area (Å²) in [5.41, 5.74) is -3.07. The lowest BCUT2D eigenvalue weighted by molar-refractivity contribution is -0.268. The Balaban J connectivity index is 2.66. The van der Waals surface area contributed by atoms with Crippen LogP contribution in [0.5, 0.6) is 0 Å². The van der Waals surface area contributed by atoms with Gasteiger partial charge in [0, 0.05) is 16.3 Å². The van der Waals surface area contributed by atoms with Crippen molar-refractivity contribution < 1.29 is 22.7 Å². The fourth-order valence-corrected chi connectivity index (χ4v) is 2.31. The molecule has 0 radical (unpaired) electrons. The highest BCUT2D eigenvalue weighted by molar-refractivity contribution is 6.30. The maximum Gasteiger partial charge on any atom is 0.433 e. The molecule has 0 fully saturated rings. The Kier molecular flexibility index (Phi) is 4.90. The Morgan fingerprint density at radius 1 is 1.48 bits per heavy atom. The number of nitrogens with zero attached hydrogens (tertiary/aromatic N) is 1. The van der Waals surface area contributed by atoms with Gasteiger partial charge in [0.1, 0.15) is 0 Å². The van der Waals surface area contributed by atoms with Crippen molar-refractivity contribution in [2.75, 3.05) is 26.0 Å². The van der Waals surface area contributed by atoms with Crippen molar-refractivity contribution in [2.24, 2.45) is 0 Å². The van der Waals surface area contributed by atoms with E-state index in [-0.39, 0.29) is 29.1 Å². The highest BCUT2D eigenvalue weighted by Gasteiger charge is 2.60. The summed E-state index contributed by atoms with van der Waals surface area (Å²) in [6.45, 7) is 0.107. The lowest BCUT2D eigenvalue weighted by Gasteiger charge is -2.39. The molecule has 1 aromatic carbocycles. The molecule has 124 valence electrons. The molecule has 1 aromatic rings. The number of fused-ring (bicyclic) bond motifs is 1. The van der Waals surface area contributed by atoms with Crippen molar-refractivity contribution in [3.05, 3.63) is 28.8 Å². The quantitative estimate of drug-likeness (QED) is 0.660. The predicted molar refractivity (Wildman–Crippen MR) is 80.1 cm³/mol. The van der Waals surface area contributed by atoms with Crippen LogP contribution in [0.4, 0.5) is 18.9 Å². The van der Waals surface area contributed by atoms with Gasteiger partial charge in [0.25, 0.3) is 5.60 Å². The number of nitrogens with one attached hydrogen (secondary N) is 1. The van der Waals surface area contributed by atoms with E-state index in [0.29, 0.717) is 0 Å². The number of benzene rings is 1. The lowest BCUT2D eigenvalue weighted by atomic mass is 9.90. The number of carbonyl (C=O) groups excluding carboxylic acids is 1. The maximum atomic E-state index is 13.8. The second kappa shape index (κ2) is 6.40. The molecule has 1 aliphatic rings. The minimum Gasteiger partial charge on any atom is -0.354 e. The molecule has 8 heteroatoms. The van der Waals surface area contributed by atoms with Crippen LogP contribution in [0.2, 0.25) is 5.02 Å². The molecule has 2 atom stereocenters. The topological polar surface area (TPSA) is 41.6 Å². The molecule has 2 rings (SSSR count). The van der Waals surface area contributed by atoms with Crippen LogP contribution >= 0.6 is 11.6 Å². The molecule has 0 bridgehead atoms. The fourth-order valence-electron chi connectivity index (χ4n) is 2.14. The number of hydrogen-bond acceptors (Lipinski definition) is 4. The van der Waals surface area contributed by atoms with E-state index < -0.39 is 18.0 Å². The summed E-state index contributed by atoms with van der Waals surface area (Å²) in [5.74, 6) is 4.61. The number of aldehydes is 1. The Labute approximate surface area is 136 Å². The second-order valence-corrected chi connectivity index (χ2v) is 5.66. The molecule has 0 saturated heterocycles. The Morgan fingerprint density at radius 2 is 2.17 bits per heavy atom. The van der Waals surface area contributed by atoms with Crippen LogP contribution in [0.1, 0.15) is 5.56 Å². The van der Waals surface area contributed by atoms with Gasteiger partial charge >= 0.3 is 6.18 Å². The van der Waals surface area contributed by atoms with Crippen molar-refractivity contribution in [3.63, 3.8) is 0 Å². The van der Waals surface area contributed by atoms with Crippen molar-refractivity contribution >= 4 is 23.6 Å². The molecular weight excluding hydrogens is 333 g/mol. The molecule has 23 heavy (non-hydrogen) atoms. The zero-order chi connectivity index (χ0) is 17.3. The fraction of sp³-hybridized carbons (Fsp3) is 0.400. The van der Waals surface area contributed by atoms with E-state index in [1.54, 1.807) is 19.0 Å². The second-order valence-electron chi connectivity index (χ2n) is 5.23. The molecule has 0 amide bonds. The van der Waals surface area contributed by atoms with Crippen LogP contribution in [0, 0.1) is 11.8 Å². The third-order valence-corrected chi connectivity index (χ3v) is 3.38. The van der Waals surface area contributed by atoms with Gasteiger partial charge in [0.05, 0.1) is 6.54 Å². The number of anilines is 1. The minimum atomic E-state index is -4.85. The Morgan fingerprint density at radius 3 is 2.74 bits per heavy atom. The van der Waals surface area contributed by atoms with Gasteiger partial charge in [-0.2, -0.15) is 13.2 Å². The molecule has 0 saturated carbocycles. The van der Waals surface area contributed by atoms with E-state index in [4.69, 9.17) is 16.3 Å². The Bertz CT molecular complexity index is 667. The first-order valence-corrected chi connectivity index (χ1v) is 6.98. The number of alkyl halides is 3. The summed E-state index contributed by atoms with van der Waals surface area (Å²) in [5, 5.41) is 2.69. The van der Waals surface area contributed by atoms with E-state index in [2.05, 4.69) is 17.2 Å². The summed E-state index contributed by atoms with van der Waals surface area (Å²) in [6.07, 6.45) is -6.06. The molecule has 0 aromatic heterocycles. The summed E-state index contributed by atoms with van der Waals surface area (Å²) in [7, 11) is 3.36. The molecule has 4 nitrogen and oxygen atoms in total. The third-order valence-electron chi connectivity index (χ3n) is 3.14. The van der Waals surface area contributed by atoms with E-state index >= 15 is 0 Å². The lowest BCUT2D eigenvalue weighted by Crippen LogP contribution is -2.51. The van der Waals surface area contributed by atoms with E-state index in [0.717, 1.165) is 6.07 Å². The molecule has 2 unspecified atom stereocenters.